The van der Waals surface area contributed by atoms with E-state index in [0.717, 1.165) is 22.8 Å². The van der Waals surface area contributed by atoms with Crippen LogP contribution in [-0.2, 0) is 4.79 Å². The molecule has 3 heterocycles. The van der Waals surface area contributed by atoms with E-state index in [1.807, 2.05) is 78.9 Å². The molecule has 204 valence electrons. The molecular weight excluding hydrogens is 530 g/mol. The van der Waals surface area contributed by atoms with E-state index < -0.39 is 0 Å². The van der Waals surface area contributed by atoms with E-state index in [9.17, 15) is 4.79 Å². The number of carbonyl (C=O) groups excluding carboxylic acids is 1. The Labute approximate surface area is 244 Å². The standard InChI is InChI=1S/C33H29N5O2S/c1-23-10-5-6-14-28(23)37-21-9-15-29(37)32-31(27-13-7-8-20-34-27)36-33(41)38(32)25-18-16-24(17-19-25)35-30(39)22-40-26-11-3-2-4-12-26/h2-21,31-32H,22H2,1H3,(H,35,39)(H,36,41). The van der Waals surface area contributed by atoms with E-state index in [4.69, 9.17) is 17.0 Å². The topological polar surface area (TPSA) is 71.4 Å². The minimum Gasteiger partial charge on any atom is -0.484 e. The van der Waals surface area contributed by atoms with Crippen LogP contribution < -0.4 is 20.3 Å². The average Bonchev–Trinajstić information content (AvgIpc) is 3.62. The Morgan fingerprint density at radius 1 is 0.927 bits per heavy atom. The lowest BCUT2D eigenvalue weighted by Crippen LogP contribution is -2.30. The number of benzene rings is 3. The highest BCUT2D eigenvalue weighted by Crippen LogP contribution is 2.42. The summed E-state index contributed by atoms with van der Waals surface area (Å²) in [6.07, 6.45) is 3.89. The first-order chi connectivity index (χ1) is 20.1. The number of aryl methyl sites for hydroxylation is 1. The summed E-state index contributed by atoms with van der Waals surface area (Å²) in [5.74, 6) is 0.418. The van der Waals surface area contributed by atoms with Crippen LogP contribution >= 0.6 is 12.2 Å². The first-order valence-corrected chi connectivity index (χ1v) is 13.8. The molecule has 0 aliphatic carbocycles. The number of hydrogen-bond donors (Lipinski definition) is 2. The Hall–Kier alpha value is -4.95. The van der Waals surface area contributed by atoms with Gasteiger partial charge in [0.05, 0.1) is 11.7 Å². The number of nitrogens with one attached hydrogen (secondary N) is 2. The predicted octanol–water partition coefficient (Wildman–Crippen LogP) is 6.38. The zero-order valence-electron chi connectivity index (χ0n) is 22.5. The maximum absolute atomic E-state index is 12.5. The van der Waals surface area contributed by atoms with Crippen molar-refractivity contribution in [3.05, 3.63) is 139 Å². The van der Waals surface area contributed by atoms with Crippen LogP contribution in [0.4, 0.5) is 11.4 Å². The first kappa shape index (κ1) is 26.3. The van der Waals surface area contributed by atoms with Gasteiger partial charge in [-0.3, -0.25) is 9.78 Å². The number of amides is 1. The summed E-state index contributed by atoms with van der Waals surface area (Å²) >= 11 is 5.91. The van der Waals surface area contributed by atoms with Gasteiger partial charge in [0.25, 0.3) is 5.91 Å². The van der Waals surface area contributed by atoms with Crippen LogP contribution in [0.15, 0.2) is 122 Å². The Kier molecular flexibility index (Phi) is 7.47. The van der Waals surface area contributed by atoms with Crippen LogP contribution in [0.3, 0.4) is 0 Å². The van der Waals surface area contributed by atoms with Gasteiger partial charge in [0, 0.05) is 35.1 Å². The summed E-state index contributed by atoms with van der Waals surface area (Å²) < 4.78 is 7.79. The summed E-state index contributed by atoms with van der Waals surface area (Å²) in [5, 5.41) is 7.04. The van der Waals surface area contributed by atoms with Crippen LogP contribution in [0.2, 0.25) is 0 Å². The molecule has 5 aromatic rings. The quantitative estimate of drug-likeness (QED) is 0.215. The van der Waals surface area contributed by atoms with Gasteiger partial charge in [0.1, 0.15) is 11.8 Å². The van der Waals surface area contributed by atoms with Gasteiger partial charge in [0.15, 0.2) is 11.7 Å². The van der Waals surface area contributed by atoms with E-state index in [-0.39, 0.29) is 24.6 Å². The number of aromatic nitrogens is 2. The van der Waals surface area contributed by atoms with Gasteiger partial charge in [-0.1, -0.05) is 42.5 Å². The van der Waals surface area contributed by atoms with Gasteiger partial charge in [-0.15, -0.1) is 0 Å². The van der Waals surface area contributed by atoms with E-state index in [1.54, 1.807) is 6.20 Å². The van der Waals surface area contributed by atoms with Crippen molar-refractivity contribution in [3.63, 3.8) is 0 Å². The summed E-state index contributed by atoms with van der Waals surface area (Å²) in [4.78, 5) is 19.3. The van der Waals surface area contributed by atoms with E-state index in [0.29, 0.717) is 16.5 Å². The van der Waals surface area contributed by atoms with E-state index >= 15 is 0 Å². The molecule has 2 N–H and O–H groups in total. The number of rotatable bonds is 8. The normalized spacial score (nSPS) is 16.3. The van der Waals surface area contributed by atoms with Crippen LogP contribution in [0.25, 0.3) is 5.69 Å². The lowest BCUT2D eigenvalue weighted by Gasteiger charge is -2.29. The monoisotopic (exact) mass is 559 g/mol. The molecule has 1 aliphatic rings. The van der Waals surface area contributed by atoms with Crippen LogP contribution in [0, 0.1) is 6.92 Å². The number of thiocarbonyl (C=S) groups is 1. The van der Waals surface area contributed by atoms with Crippen LogP contribution in [0.1, 0.15) is 29.0 Å². The van der Waals surface area contributed by atoms with Crippen molar-refractivity contribution in [2.75, 3.05) is 16.8 Å². The SMILES string of the molecule is Cc1ccccc1-n1cccc1C1C(c2ccccn2)NC(=S)N1c1ccc(NC(=O)COc2ccccc2)cc1. The maximum atomic E-state index is 12.5. The Balaban J connectivity index is 1.29. The highest BCUT2D eigenvalue weighted by molar-refractivity contribution is 7.80. The second-order valence-corrected chi connectivity index (χ2v) is 10.2. The molecule has 0 bridgehead atoms. The summed E-state index contributed by atoms with van der Waals surface area (Å²) in [5.41, 5.74) is 5.85. The largest absolute Gasteiger partial charge is 0.484 e. The molecule has 8 heteroatoms. The molecule has 0 spiro atoms. The number of ether oxygens (including phenoxy) is 1. The molecule has 1 amide bonds. The molecule has 2 atom stereocenters. The lowest BCUT2D eigenvalue weighted by molar-refractivity contribution is -0.118. The molecule has 6 rings (SSSR count). The van der Waals surface area contributed by atoms with Gasteiger partial charge < -0.3 is 24.8 Å². The van der Waals surface area contributed by atoms with Gasteiger partial charge in [-0.05, 0) is 91.4 Å². The fourth-order valence-electron chi connectivity index (χ4n) is 5.19. The molecule has 1 fully saturated rings. The summed E-state index contributed by atoms with van der Waals surface area (Å²) in [6.45, 7) is 2.04. The van der Waals surface area contributed by atoms with Gasteiger partial charge in [0.2, 0.25) is 0 Å². The Morgan fingerprint density at radius 3 is 2.44 bits per heavy atom. The molecule has 3 aromatic carbocycles. The van der Waals surface area contributed by atoms with Crippen molar-refractivity contribution in [1.29, 1.82) is 0 Å². The molecule has 0 saturated carbocycles. The number of nitrogens with zero attached hydrogens (tertiary/aromatic N) is 3. The van der Waals surface area contributed by atoms with E-state index in [1.165, 1.54) is 5.56 Å². The molecule has 2 aromatic heterocycles. The smallest absolute Gasteiger partial charge is 0.262 e. The number of carbonyl (C=O) groups is 1. The first-order valence-electron chi connectivity index (χ1n) is 13.4. The van der Waals surface area contributed by atoms with Gasteiger partial charge in [-0.25, -0.2) is 0 Å². The third kappa shape index (κ3) is 5.55. The lowest BCUT2D eigenvalue weighted by atomic mass is 10.0. The molecule has 1 aliphatic heterocycles. The predicted molar refractivity (Wildman–Crippen MR) is 165 cm³/mol. The Bertz CT molecular complexity index is 1650. The van der Waals surface area contributed by atoms with Crippen LogP contribution in [-0.4, -0.2) is 27.2 Å². The summed E-state index contributed by atoms with van der Waals surface area (Å²) in [7, 11) is 0. The third-order valence-electron chi connectivity index (χ3n) is 7.10. The number of pyridine rings is 1. The minimum absolute atomic E-state index is 0.0738. The van der Waals surface area contributed by atoms with Crippen LogP contribution in [0.5, 0.6) is 5.75 Å². The molecule has 1 saturated heterocycles. The second kappa shape index (κ2) is 11.7. The fourth-order valence-corrected chi connectivity index (χ4v) is 5.54. The van der Waals surface area contributed by atoms with Gasteiger partial charge >= 0.3 is 0 Å². The van der Waals surface area contributed by atoms with Crippen molar-refractivity contribution in [3.8, 4) is 11.4 Å². The van der Waals surface area contributed by atoms with Crippen molar-refractivity contribution in [1.82, 2.24) is 14.9 Å². The van der Waals surface area contributed by atoms with Gasteiger partial charge in [-0.2, -0.15) is 0 Å². The van der Waals surface area contributed by atoms with Crippen molar-refractivity contribution in [2.24, 2.45) is 0 Å². The van der Waals surface area contributed by atoms with Crippen molar-refractivity contribution >= 4 is 34.6 Å². The Morgan fingerprint density at radius 2 is 1.68 bits per heavy atom. The highest BCUT2D eigenvalue weighted by atomic mass is 32.1. The van der Waals surface area contributed by atoms with Crippen molar-refractivity contribution < 1.29 is 9.53 Å². The van der Waals surface area contributed by atoms with Crippen molar-refractivity contribution in [2.45, 2.75) is 19.0 Å². The second-order valence-electron chi connectivity index (χ2n) is 9.78. The molecule has 0 radical (unpaired) electrons. The van der Waals surface area contributed by atoms with E-state index in [2.05, 4.69) is 68.5 Å². The molecule has 7 nitrogen and oxygen atoms in total. The number of para-hydroxylation sites is 2. The highest BCUT2D eigenvalue weighted by Gasteiger charge is 2.42. The zero-order chi connectivity index (χ0) is 28.2. The minimum atomic E-state index is -0.232. The zero-order valence-corrected chi connectivity index (χ0v) is 23.3. The summed E-state index contributed by atoms with van der Waals surface area (Å²) in [6, 6.07) is 35.1. The number of hydrogen-bond acceptors (Lipinski definition) is 4. The fraction of sp³-hybridized carbons (Fsp3) is 0.121. The molecule has 2 unspecified atom stereocenters. The molecule has 41 heavy (non-hydrogen) atoms. The molecular formula is C33H29N5O2S. The average molecular weight is 560 g/mol. The number of anilines is 2. The maximum Gasteiger partial charge on any atom is 0.262 e. The third-order valence-corrected chi connectivity index (χ3v) is 7.41.